The van der Waals surface area contributed by atoms with Gasteiger partial charge in [-0.3, -0.25) is 9.36 Å². The summed E-state index contributed by atoms with van der Waals surface area (Å²) in [4.78, 5) is 11.9. The Bertz CT molecular complexity index is 684. The van der Waals surface area contributed by atoms with Crippen molar-refractivity contribution in [3.05, 3.63) is 17.0 Å². The van der Waals surface area contributed by atoms with E-state index in [1.165, 1.54) is 23.1 Å². The van der Waals surface area contributed by atoms with Crippen LogP contribution < -0.4 is 11.1 Å². The molecule has 0 aromatic carbocycles. The van der Waals surface area contributed by atoms with Gasteiger partial charge >= 0.3 is 0 Å². The number of thioether (sulfide) groups is 1. The van der Waals surface area contributed by atoms with Crippen LogP contribution in [0.5, 0.6) is 0 Å². The predicted molar refractivity (Wildman–Crippen MR) is 83.2 cm³/mol. The normalized spacial score (nSPS) is 10.6. The summed E-state index contributed by atoms with van der Waals surface area (Å²) >= 11 is 2.58. The fourth-order valence-corrected chi connectivity index (χ4v) is 3.29. The predicted octanol–water partition coefficient (Wildman–Crippen LogP) is 2.11. The number of carbonyl (C=O) groups excluding carboxylic acids is 1. The van der Waals surface area contributed by atoms with Gasteiger partial charge in [-0.1, -0.05) is 11.8 Å². The van der Waals surface area contributed by atoms with Gasteiger partial charge in [0.2, 0.25) is 11.9 Å². The molecule has 21 heavy (non-hydrogen) atoms. The third-order valence-corrected chi connectivity index (χ3v) is 4.35. The van der Waals surface area contributed by atoms with Crippen molar-refractivity contribution in [1.29, 1.82) is 5.26 Å². The number of nitrogens with two attached hydrogens (primary N) is 1. The van der Waals surface area contributed by atoms with Crippen LogP contribution in [0.25, 0.3) is 0 Å². The minimum Gasteiger partial charge on any atom is -0.368 e. The summed E-state index contributed by atoms with van der Waals surface area (Å²) < 4.78 is 1.77. The largest absolute Gasteiger partial charge is 0.368 e. The number of hydrogen-bond acceptors (Lipinski definition) is 7. The van der Waals surface area contributed by atoms with Gasteiger partial charge < -0.3 is 11.1 Å². The van der Waals surface area contributed by atoms with Crippen LogP contribution in [0.3, 0.4) is 0 Å². The van der Waals surface area contributed by atoms with Gasteiger partial charge in [-0.05, 0) is 25.3 Å². The van der Waals surface area contributed by atoms with E-state index in [4.69, 9.17) is 11.0 Å². The second-order valence-corrected chi connectivity index (χ2v) is 6.28. The summed E-state index contributed by atoms with van der Waals surface area (Å²) in [6.45, 7) is 3.93. The molecular formula is C12H14N6OS2. The van der Waals surface area contributed by atoms with Crippen LogP contribution in [0.1, 0.15) is 25.5 Å². The Hall–Kier alpha value is -2.05. The second kappa shape index (κ2) is 6.60. The van der Waals surface area contributed by atoms with Gasteiger partial charge in [0.05, 0.1) is 11.3 Å². The number of anilines is 2. The Morgan fingerprint density at radius 3 is 3.05 bits per heavy atom. The Kier molecular flexibility index (Phi) is 4.82. The molecule has 0 aliphatic rings. The molecule has 0 aliphatic heterocycles. The van der Waals surface area contributed by atoms with E-state index < -0.39 is 0 Å². The lowest BCUT2D eigenvalue weighted by molar-refractivity contribution is -0.113. The summed E-state index contributed by atoms with van der Waals surface area (Å²) in [5.74, 6) is 0.307. The maximum absolute atomic E-state index is 11.9. The van der Waals surface area contributed by atoms with Crippen LogP contribution in [0.4, 0.5) is 10.9 Å². The second-order valence-electron chi connectivity index (χ2n) is 4.42. The first-order valence-corrected chi connectivity index (χ1v) is 8.00. The quantitative estimate of drug-likeness (QED) is 0.816. The number of thiophene rings is 1. The summed E-state index contributed by atoms with van der Waals surface area (Å²) in [5.41, 5.74) is 6.20. The van der Waals surface area contributed by atoms with Crippen LogP contribution in [-0.4, -0.2) is 26.4 Å². The molecule has 2 aromatic heterocycles. The van der Waals surface area contributed by atoms with Crippen molar-refractivity contribution in [1.82, 2.24) is 14.8 Å². The third-order valence-electron chi connectivity index (χ3n) is 2.58. The molecule has 0 spiro atoms. The molecule has 2 aromatic rings. The minimum absolute atomic E-state index is 0.119. The lowest BCUT2D eigenvalue weighted by Crippen LogP contribution is -2.15. The molecule has 110 valence electrons. The first-order valence-electron chi connectivity index (χ1n) is 6.13. The lowest BCUT2D eigenvalue weighted by Gasteiger charge is -2.11. The van der Waals surface area contributed by atoms with E-state index in [1.807, 2.05) is 19.9 Å². The first-order chi connectivity index (χ1) is 10.0. The van der Waals surface area contributed by atoms with Crippen LogP contribution in [0.15, 0.2) is 16.6 Å². The van der Waals surface area contributed by atoms with Gasteiger partial charge in [-0.2, -0.15) is 5.26 Å². The Labute approximate surface area is 130 Å². The van der Waals surface area contributed by atoms with E-state index in [0.29, 0.717) is 21.7 Å². The number of nitriles is 1. The fourth-order valence-electron chi connectivity index (χ4n) is 1.66. The Balaban J connectivity index is 1.98. The molecule has 7 nitrogen and oxygen atoms in total. The standard InChI is InChI=1S/C12H14N6OS2/c1-7(2)18-11(14)16-17-12(18)21-6-9(19)15-10-8(5-13)3-4-20-10/h3-4,7H,6H2,1-2H3,(H2,14,16)(H,15,19). The molecule has 0 unspecified atom stereocenters. The van der Waals surface area contributed by atoms with Crippen molar-refractivity contribution < 1.29 is 4.79 Å². The molecular weight excluding hydrogens is 308 g/mol. The Morgan fingerprint density at radius 1 is 1.62 bits per heavy atom. The SMILES string of the molecule is CC(C)n1c(N)nnc1SCC(=O)Nc1sccc1C#N. The van der Waals surface area contributed by atoms with Crippen molar-refractivity contribution in [2.24, 2.45) is 0 Å². The maximum Gasteiger partial charge on any atom is 0.235 e. The molecule has 0 atom stereocenters. The number of nitrogens with zero attached hydrogens (tertiary/aromatic N) is 4. The highest BCUT2D eigenvalue weighted by atomic mass is 32.2. The zero-order valence-corrected chi connectivity index (χ0v) is 13.2. The van der Waals surface area contributed by atoms with Crippen LogP contribution in [0.2, 0.25) is 0 Å². The van der Waals surface area contributed by atoms with Gasteiger partial charge in [-0.15, -0.1) is 21.5 Å². The lowest BCUT2D eigenvalue weighted by atomic mass is 10.3. The number of rotatable bonds is 5. The number of hydrogen-bond donors (Lipinski definition) is 2. The van der Waals surface area contributed by atoms with E-state index in [1.54, 1.807) is 16.0 Å². The van der Waals surface area contributed by atoms with E-state index >= 15 is 0 Å². The van der Waals surface area contributed by atoms with E-state index in [0.717, 1.165) is 0 Å². The molecule has 9 heteroatoms. The average Bonchev–Trinajstić information content (AvgIpc) is 3.02. The van der Waals surface area contributed by atoms with Gasteiger partial charge in [0.1, 0.15) is 11.1 Å². The summed E-state index contributed by atoms with van der Waals surface area (Å²) in [6.07, 6.45) is 0. The first kappa shape index (κ1) is 15.3. The van der Waals surface area contributed by atoms with Gasteiger partial charge in [0.15, 0.2) is 5.16 Å². The summed E-state index contributed by atoms with van der Waals surface area (Å²) in [6, 6.07) is 3.82. The average molecular weight is 322 g/mol. The molecule has 2 heterocycles. The third kappa shape index (κ3) is 3.53. The zero-order valence-electron chi connectivity index (χ0n) is 11.5. The maximum atomic E-state index is 11.9. The van der Waals surface area contributed by atoms with Crippen molar-refractivity contribution in [3.8, 4) is 6.07 Å². The van der Waals surface area contributed by atoms with E-state index in [2.05, 4.69) is 15.5 Å². The molecule has 1 amide bonds. The van der Waals surface area contributed by atoms with Crippen molar-refractivity contribution in [2.75, 3.05) is 16.8 Å². The molecule has 0 bridgehead atoms. The number of amides is 1. The van der Waals surface area contributed by atoms with Gasteiger partial charge in [-0.25, -0.2) is 0 Å². The summed E-state index contributed by atoms with van der Waals surface area (Å²) in [5, 5.41) is 22.3. The highest BCUT2D eigenvalue weighted by molar-refractivity contribution is 7.99. The number of carbonyl (C=O) groups is 1. The van der Waals surface area contributed by atoms with Crippen molar-refractivity contribution in [3.63, 3.8) is 0 Å². The molecule has 0 saturated carbocycles. The number of nitrogen functional groups attached to an aromatic ring is 1. The van der Waals surface area contributed by atoms with Crippen LogP contribution in [0, 0.1) is 11.3 Å². The van der Waals surface area contributed by atoms with Gasteiger partial charge in [0, 0.05) is 6.04 Å². The van der Waals surface area contributed by atoms with E-state index in [9.17, 15) is 4.79 Å². The molecule has 0 saturated heterocycles. The number of aromatic nitrogens is 3. The minimum atomic E-state index is -0.198. The van der Waals surface area contributed by atoms with Crippen molar-refractivity contribution in [2.45, 2.75) is 25.0 Å². The highest BCUT2D eigenvalue weighted by Gasteiger charge is 2.15. The molecule has 0 radical (unpaired) electrons. The summed E-state index contributed by atoms with van der Waals surface area (Å²) in [7, 11) is 0. The molecule has 2 rings (SSSR count). The number of nitrogens with one attached hydrogen (secondary N) is 1. The fraction of sp³-hybridized carbons (Fsp3) is 0.333. The molecule has 3 N–H and O–H groups in total. The Morgan fingerprint density at radius 2 is 2.38 bits per heavy atom. The van der Waals surface area contributed by atoms with Gasteiger partial charge in [0.25, 0.3) is 0 Å². The van der Waals surface area contributed by atoms with E-state index in [-0.39, 0.29) is 17.7 Å². The zero-order chi connectivity index (χ0) is 15.4. The topological polar surface area (TPSA) is 110 Å². The molecule has 0 aliphatic carbocycles. The smallest absolute Gasteiger partial charge is 0.235 e. The van der Waals surface area contributed by atoms with Crippen LogP contribution in [-0.2, 0) is 4.79 Å². The molecule has 0 fully saturated rings. The van der Waals surface area contributed by atoms with Crippen LogP contribution >= 0.6 is 23.1 Å². The monoisotopic (exact) mass is 322 g/mol. The highest BCUT2D eigenvalue weighted by Crippen LogP contribution is 2.25. The van der Waals surface area contributed by atoms with Crippen molar-refractivity contribution >= 4 is 40.0 Å².